The fraction of sp³-hybridized carbons (Fsp3) is 0.333. The van der Waals surface area contributed by atoms with Crippen molar-refractivity contribution in [2.75, 3.05) is 20.3 Å². The third-order valence-corrected chi connectivity index (χ3v) is 4.64. The zero-order valence-electron chi connectivity index (χ0n) is 15.3. The summed E-state index contributed by atoms with van der Waals surface area (Å²) in [6, 6.07) is 13.6. The first kappa shape index (κ1) is 18.9. The molecule has 0 saturated carbocycles. The van der Waals surface area contributed by atoms with Gasteiger partial charge in [0, 0.05) is 38.7 Å². The summed E-state index contributed by atoms with van der Waals surface area (Å²) in [5.41, 5.74) is 2.38. The van der Waals surface area contributed by atoms with Crippen LogP contribution in [0.15, 0.2) is 48.5 Å². The van der Waals surface area contributed by atoms with Crippen LogP contribution in [-0.4, -0.2) is 48.2 Å². The van der Waals surface area contributed by atoms with Crippen LogP contribution in [0.1, 0.15) is 27.9 Å². The topological polar surface area (TPSA) is 76.1 Å². The third-order valence-electron chi connectivity index (χ3n) is 4.64. The largest absolute Gasteiger partial charge is 0.493 e. The number of carbonyl (C=O) groups excluding carboxylic acids is 1. The number of carbonyl (C=O) groups is 2. The summed E-state index contributed by atoms with van der Waals surface area (Å²) in [7, 11) is 1.63. The van der Waals surface area contributed by atoms with Crippen LogP contribution in [0, 0.1) is 0 Å². The van der Waals surface area contributed by atoms with Crippen LogP contribution in [0.2, 0.25) is 0 Å². The Morgan fingerprint density at radius 3 is 2.63 bits per heavy atom. The maximum absolute atomic E-state index is 13.0. The molecule has 0 fully saturated rings. The van der Waals surface area contributed by atoms with Gasteiger partial charge >= 0.3 is 5.97 Å². The van der Waals surface area contributed by atoms with Gasteiger partial charge < -0.3 is 19.5 Å². The number of carboxylic acid groups (broad SMARTS) is 1. The molecule has 0 radical (unpaired) electrons. The summed E-state index contributed by atoms with van der Waals surface area (Å²) in [5, 5.41) is 9.62. The van der Waals surface area contributed by atoms with Crippen molar-refractivity contribution in [1.29, 1.82) is 0 Å². The Morgan fingerprint density at radius 1 is 1.11 bits per heavy atom. The standard InChI is InChI=1S/C21H23NO5/c1-26-10-5-11-27-18-9-4-8-16(12-18)20(23)22-14-17-7-3-2-6-15(17)13-19(22)21(24)25/h2-4,6-9,12,19H,5,10-11,13-14H2,1H3,(H,24,25). The Kier molecular flexibility index (Phi) is 6.08. The van der Waals surface area contributed by atoms with Crippen LogP contribution < -0.4 is 4.74 Å². The molecule has 6 nitrogen and oxygen atoms in total. The number of benzene rings is 2. The highest BCUT2D eigenvalue weighted by atomic mass is 16.5. The van der Waals surface area contributed by atoms with Gasteiger partial charge in [0.1, 0.15) is 11.8 Å². The van der Waals surface area contributed by atoms with Crippen molar-refractivity contribution in [1.82, 2.24) is 4.90 Å². The maximum atomic E-state index is 13.0. The average Bonchev–Trinajstić information content (AvgIpc) is 2.70. The molecule has 0 spiro atoms. The Balaban J connectivity index is 1.78. The van der Waals surface area contributed by atoms with Gasteiger partial charge in [-0.2, -0.15) is 0 Å². The molecule has 2 aromatic carbocycles. The molecule has 1 aliphatic heterocycles. The van der Waals surface area contributed by atoms with E-state index in [1.165, 1.54) is 4.90 Å². The first-order chi connectivity index (χ1) is 13.1. The number of rotatable bonds is 7. The van der Waals surface area contributed by atoms with Crippen molar-refractivity contribution < 1.29 is 24.2 Å². The summed E-state index contributed by atoms with van der Waals surface area (Å²) in [6.45, 7) is 1.37. The molecule has 0 bridgehead atoms. The van der Waals surface area contributed by atoms with E-state index in [9.17, 15) is 14.7 Å². The molecule has 1 aliphatic rings. The van der Waals surface area contributed by atoms with Crippen molar-refractivity contribution in [3.63, 3.8) is 0 Å². The Labute approximate surface area is 158 Å². The minimum Gasteiger partial charge on any atom is -0.493 e. The SMILES string of the molecule is COCCCOc1cccc(C(=O)N2Cc3ccccc3CC2C(=O)O)c1. The number of methoxy groups -OCH3 is 1. The number of carboxylic acids is 1. The van der Waals surface area contributed by atoms with Gasteiger partial charge in [-0.1, -0.05) is 30.3 Å². The summed E-state index contributed by atoms with van der Waals surface area (Å²) < 4.78 is 10.6. The highest BCUT2D eigenvalue weighted by Gasteiger charge is 2.34. The molecular weight excluding hydrogens is 346 g/mol. The number of aliphatic carboxylic acids is 1. The van der Waals surface area contributed by atoms with Crippen LogP contribution in [0.5, 0.6) is 5.75 Å². The third kappa shape index (κ3) is 4.46. The summed E-state index contributed by atoms with van der Waals surface area (Å²) in [6.07, 6.45) is 1.06. The smallest absolute Gasteiger partial charge is 0.326 e. The molecule has 1 amide bonds. The van der Waals surface area contributed by atoms with Gasteiger partial charge in [0.2, 0.25) is 0 Å². The van der Waals surface area contributed by atoms with E-state index in [4.69, 9.17) is 9.47 Å². The molecule has 1 atom stereocenters. The van der Waals surface area contributed by atoms with Crippen LogP contribution in [0.25, 0.3) is 0 Å². The minimum atomic E-state index is -0.996. The Bertz CT molecular complexity index is 820. The first-order valence-electron chi connectivity index (χ1n) is 8.92. The zero-order valence-corrected chi connectivity index (χ0v) is 15.3. The molecule has 1 unspecified atom stereocenters. The van der Waals surface area contributed by atoms with Crippen LogP contribution in [0.4, 0.5) is 0 Å². The fourth-order valence-electron chi connectivity index (χ4n) is 3.24. The highest BCUT2D eigenvalue weighted by molar-refractivity contribution is 5.97. The number of nitrogens with zero attached hydrogens (tertiary/aromatic N) is 1. The van der Waals surface area contributed by atoms with Crippen molar-refractivity contribution in [3.8, 4) is 5.75 Å². The van der Waals surface area contributed by atoms with Crippen molar-refractivity contribution in [2.45, 2.75) is 25.4 Å². The van der Waals surface area contributed by atoms with Crippen molar-refractivity contribution in [2.24, 2.45) is 0 Å². The van der Waals surface area contributed by atoms with Crippen molar-refractivity contribution >= 4 is 11.9 Å². The summed E-state index contributed by atoms with van der Waals surface area (Å²) >= 11 is 0. The summed E-state index contributed by atoms with van der Waals surface area (Å²) in [4.78, 5) is 26.2. The van der Waals surface area contributed by atoms with Gasteiger partial charge in [-0.05, 0) is 29.3 Å². The van der Waals surface area contributed by atoms with E-state index in [1.54, 1.807) is 31.4 Å². The van der Waals surface area contributed by atoms with Crippen molar-refractivity contribution in [3.05, 3.63) is 65.2 Å². The van der Waals surface area contributed by atoms with Crippen LogP contribution in [-0.2, 0) is 22.5 Å². The molecule has 0 aliphatic carbocycles. The van der Waals surface area contributed by atoms with Crippen LogP contribution >= 0.6 is 0 Å². The number of hydrogen-bond donors (Lipinski definition) is 1. The second-order valence-corrected chi connectivity index (χ2v) is 6.48. The molecule has 2 aromatic rings. The van der Waals surface area contributed by atoms with Gasteiger partial charge in [-0.25, -0.2) is 4.79 Å². The second kappa shape index (κ2) is 8.68. The van der Waals surface area contributed by atoms with E-state index < -0.39 is 12.0 Å². The quantitative estimate of drug-likeness (QED) is 0.760. The van der Waals surface area contributed by atoms with E-state index in [0.717, 1.165) is 17.5 Å². The molecule has 0 aromatic heterocycles. The van der Waals surface area contributed by atoms with Gasteiger partial charge in [0.25, 0.3) is 5.91 Å². The molecule has 142 valence electrons. The predicted octanol–water partition coefficient (Wildman–Crippen LogP) is 2.75. The van der Waals surface area contributed by atoms with E-state index in [-0.39, 0.29) is 12.5 Å². The second-order valence-electron chi connectivity index (χ2n) is 6.48. The Hall–Kier alpha value is -2.86. The maximum Gasteiger partial charge on any atom is 0.326 e. The average molecular weight is 369 g/mol. The van der Waals surface area contributed by atoms with Gasteiger partial charge in [-0.3, -0.25) is 4.79 Å². The normalized spacial score (nSPS) is 15.9. The lowest BCUT2D eigenvalue weighted by molar-refractivity contribution is -0.142. The highest BCUT2D eigenvalue weighted by Crippen LogP contribution is 2.26. The lowest BCUT2D eigenvalue weighted by atomic mass is 9.93. The number of fused-ring (bicyclic) bond motifs is 1. The van der Waals surface area contributed by atoms with E-state index in [1.807, 2.05) is 24.3 Å². The molecular formula is C21H23NO5. The van der Waals surface area contributed by atoms with Gasteiger partial charge in [0.05, 0.1) is 6.61 Å². The number of ether oxygens (including phenoxy) is 2. The van der Waals surface area contributed by atoms with Crippen LogP contribution in [0.3, 0.4) is 0 Å². The lowest BCUT2D eigenvalue weighted by Gasteiger charge is -2.34. The first-order valence-corrected chi connectivity index (χ1v) is 8.92. The van der Waals surface area contributed by atoms with E-state index in [0.29, 0.717) is 30.9 Å². The molecule has 3 rings (SSSR count). The minimum absolute atomic E-state index is 0.283. The molecule has 1 N–H and O–H groups in total. The monoisotopic (exact) mass is 369 g/mol. The van der Waals surface area contributed by atoms with Gasteiger partial charge in [0.15, 0.2) is 0 Å². The van der Waals surface area contributed by atoms with E-state index >= 15 is 0 Å². The lowest BCUT2D eigenvalue weighted by Crippen LogP contribution is -2.48. The Morgan fingerprint density at radius 2 is 1.89 bits per heavy atom. The van der Waals surface area contributed by atoms with E-state index in [2.05, 4.69) is 0 Å². The number of amides is 1. The number of hydrogen-bond acceptors (Lipinski definition) is 4. The predicted molar refractivity (Wildman–Crippen MR) is 99.9 cm³/mol. The summed E-state index contributed by atoms with van der Waals surface area (Å²) in [5.74, 6) is -0.717. The molecule has 1 heterocycles. The molecule has 27 heavy (non-hydrogen) atoms. The fourth-order valence-corrected chi connectivity index (χ4v) is 3.24. The zero-order chi connectivity index (χ0) is 19.2. The van der Waals surface area contributed by atoms with Gasteiger partial charge in [-0.15, -0.1) is 0 Å². The molecule has 0 saturated heterocycles. The molecule has 6 heteroatoms.